The van der Waals surface area contributed by atoms with Crippen LogP contribution in [-0.2, 0) is 25.7 Å². The fourth-order valence-corrected chi connectivity index (χ4v) is 8.76. The largest absolute Gasteiger partial charge is 0.491 e. The van der Waals surface area contributed by atoms with Gasteiger partial charge in [0.15, 0.2) is 0 Å². The Labute approximate surface area is 355 Å². The van der Waals surface area contributed by atoms with Crippen LogP contribution in [0.3, 0.4) is 0 Å². The van der Waals surface area contributed by atoms with Gasteiger partial charge in [-0.2, -0.15) is 0 Å². The Hall–Kier alpha value is -4.98. The van der Waals surface area contributed by atoms with E-state index in [1.807, 2.05) is 12.1 Å². The molecule has 0 aliphatic carbocycles. The standard InChI is InChI=1S/C51H70N6O2/c1-34(2)28-40-14-11-15-41(29-35(3)4)48(40)56-24-22-54(50(56)52)44-32-38(9)18-20-46(44)58-26-13-27-59-47-21-19-39(10)33-45(47)55-23-25-57(51(55)53)49-42(30-36(5)6)16-12-17-43(49)31-37(7)8/h11-12,14-21,32-37,52-53H,13,22-31H2,1-10H3. The molecule has 0 amide bonds. The molecule has 4 aromatic carbocycles. The minimum atomic E-state index is 0.483. The van der Waals surface area contributed by atoms with Gasteiger partial charge in [-0.05, 0) is 121 Å². The SMILES string of the molecule is Cc1ccc(OCCCOc2ccc(C)cc2N2CCN(c3c(CC(C)C)cccc3CC(C)C)C2=N)c(N2CCN(c3c(CC(C)C)cccc3CC(C)C)C2=N)c1. The van der Waals surface area contributed by atoms with Crippen LogP contribution in [0.5, 0.6) is 11.5 Å². The molecule has 8 heteroatoms. The van der Waals surface area contributed by atoms with Crippen molar-refractivity contribution in [3.8, 4) is 11.5 Å². The molecule has 2 N–H and O–H groups in total. The number of rotatable bonds is 18. The van der Waals surface area contributed by atoms with Gasteiger partial charge in [0.2, 0.25) is 11.9 Å². The number of anilines is 4. The monoisotopic (exact) mass is 799 g/mol. The third-order valence-corrected chi connectivity index (χ3v) is 11.2. The summed E-state index contributed by atoms with van der Waals surface area (Å²) in [5.41, 5.74) is 11.9. The van der Waals surface area contributed by atoms with E-state index in [1.165, 1.54) is 33.6 Å². The zero-order valence-corrected chi connectivity index (χ0v) is 37.6. The zero-order valence-electron chi connectivity index (χ0n) is 37.6. The van der Waals surface area contributed by atoms with Gasteiger partial charge in [-0.3, -0.25) is 10.8 Å². The molecule has 0 saturated carbocycles. The van der Waals surface area contributed by atoms with Crippen LogP contribution in [0.4, 0.5) is 22.7 Å². The number of para-hydroxylation sites is 2. The number of guanidine groups is 2. The molecule has 2 saturated heterocycles. The molecule has 316 valence electrons. The summed E-state index contributed by atoms with van der Waals surface area (Å²) in [6.07, 6.45) is 4.64. The van der Waals surface area contributed by atoms with E-state index in [4.69, 9.17) is 9.47 Å². The quantitative estimate of drug-likeness (QED) is 0.0976. The molecule has 2 aliphatic heterocycles. The lowest BCUT2D eigenvalue weighted by molar-refractivity contribution is 0.248. The number of nitrogens with zero attached hydrogens (tertiary/aromatic N) is 4. The van der Waals surface area contributed by atoms with E-state index in [-0.39, 0.29) is 0 Å². The molecule has 6 rings (SSSR count). The summed E-state index contributed by atoms with van der Waals surface area (Å²) < 4.78 is 13.0. The van der Waals surface area contributed by atoms with E-state index in [0.717, 1.165) is 85.9 Å². The van der Waals surface area contributed by atoms with Gasteiger partial charge in [0, 0.05) is 32.6 Å². The first-order chi connectivity index (χ1) is 28.2. The Morgan fingerprint density at radius 1 is 0.475 bits per heavy atom. The van der Waals surface area contributed by atoms with E-state index in [1.54, 1.807) is 0 Å². The van der Waals surface area contributed by atoms with Crippen LogP contribution in [0.2, 0.25) is 0 Å². The molecule has 2 fully saturated rings. The maximum Gasteiger partial charge on any atom is 0.203 e. The van der Waals surface area contributed by atoms with Gasteiger partial charge >= 0.3 is 0 Å². The molecule has 8 nitrogen and oxygen atoms in total. The van der Waals surface area contributed by atoms with Crippen molar-refractivity contribution in [2.24, 2.45) is 23.7 Å². The minimum absolute atomic E-state index is 0.483. The van der Waals surface area contributed by atoms with Crippen LogP contribution in [0.15, 0.2) is 72.8 Å². The average molecular weight is 799 g/mol. The average Bonchev–Trinajstić information content (AvgIpc) is 3.73. The number of hydrogen-bond donors (Lipinski definition) is 2. The number of nitrogens with one attached hydrogen (secondary N) is 2. The summed E-state index contributed by atoms with van der Waals surface area (Å²) in [6, 6.07) is 26.0. The predicted octanol–water partition coefficient (Wildman–Crippen LogP) is 11.5. The van der Waals surface area contributed by atoms with Gasteiger partial charge in [-0.1, -0.05) is 104 Å². The molecule has 0 spiro atoms. The lowest BCUT2D eigenvalue weighted by Crippen LogP contribution is -2.34. The summed E-state index contributed by atoms with van der Waals surface area (Å²) in [5.74, 6) is 4.69. The highest BCUT2D eigenvalue weighted by Crippen LogP contribution is 2.39. The third kappa shape index (κ3) is 10.4. The smallest absolute Gasteiger partial charge is 0.203 e. The Kier molecular flexibility index (Phi) is 14.3. The lowest BCUT2D eigenvalue weighted by Gasteiger charge is -2.28. The predicted molar refractivity (Wildman–Crippen MR) is 250 cm³/mol. The molecule has 2 aliphatic rings. The van der Waals surface area contributed by atoms with Crippen LogP contribution < -0.4 is 29.1 Å². The van der Waals surface area contributed by atoms with Crippen LogP contribution in [0.25, 0.3) is 0 Å². The van der Waals surface area contributed by atoms with Crippen LogP contribution in [-0.4, -0.2) is 51.3 Å². The molecule has 0 unspecified atom stereocenters. The molecule has 0 atom stereocenters. The van der Waals surface area contributed by atoms with Gasteiger partial charge in [0.25, 0.3) is 0 Å². The maximum atomic E-state index is 9.51. The fourth-order valence-electron chi connectivity index (χ4n) is 8.76. The molecule has 0 radical (unpaired) electrons. The maximum absolute atomic E-state index is 9.51. The Morgan fingerprint density at radius 2 is 0.797 bits per heavy atom. The Bertz CT molecular complexity index is 1880. The second kappa shape index (κ2) is 19.4. The van der Waals surface area contributed by atoms with Crippen LogP contribution in [0, 0.1) is 48.3 Å². The van der Waals surface area contributed by atoms with Crippen LogP contribution in [0.1, 0.15) is 95.2 Å². The summed E-state index contributed by atoms with van der Waals surface area (Å²) in [5, 5.41) is 19.0. The second-order valence-corrected chi connectivity index (χ2v) is 18.5. The van der Waals surface area contributed by atoms with E-state index in [0.29, 0.717) is 55.2 Å². The topological polar surface area (TPSA) is 79.1 Å². The van der Waals surface area contributed by atoms with Crippen molar-refractivity contribution in [2.45, 2.75) is 101 Å². The van der Waals surface area contributed by atoms with Gasteiger partial charge in [-0.15, -0.1) is 0 Å². The van der Waals surface area contributed by atoms with Crippen molar-refractivity contribution in [3.63, 3.8) is 0 Å². The molecule has 4 aromatic rings. The van der Waals surface area contributed by atoms with Gasteiger partial charge in [0.1, 0.15) is 11.5 Å². The van der Waals surface area contributed by atoms with Crippen molar-refractivity contribution in [1.29, 1.82) is 10.8 Å². The highest BCUT2D eigenvalue weighted by Gasteiger charge is 2.34. The van der Waals surface area contributed by atoms with Crippen LogP contribution >= 0.6 is 0 Å². The molecule has 59 heavy (non-hydrogen) atoms. The fraction of sp³-hybridized carbons (Fsp3) is 0.490. The van der Waals surface area contributed by atoms with Crippen molar-refractivity contribution < 1.29 is 9.47 Å². The summed E-state index contributed by atoms with van der Waals surface area (Å²) in [4.78, 5) is 8.68. The van der Waals surface area contributed by atoms with Gasteiger partial charge in [-0.25, -0.2) is 0 Å². The molecule has 0 bridgehead atoms. The van der Waals surface area contributed by atoms with E-state index < -0.39 is 0 Å². The summed E-state index contributed by atoms with van der Waals surface area (Å²) in [6.45, 7) is 26.3. The normalized spacial score (nSPS) is 14.7. The number of aryl methyl sites for hydroxylation is 2. The van der Waals surface area contributed by atoms with Crippen molar-refractivity contribution in [3.05, 3.63) is 106 Å². The first kappa shape index (κ1) is 43.6. The van der Waals surface area contributed by atoms with Crippen molar-refractivity contribution in [2.75, 3.05) is 59.0 Å². The van der Waals surface area contributed by atoms with E-state index in [2.05, 4.69) is 150 Å². The third-order valence-electron chi connectivity index (χ3n) is 11.2. The number of ether oxygens (including phenoxy) is 2. The van der Waals surface area contributed by atoms with Crippen molar-refractivity contribution >= 4 is 34.7 Å². The van der Waals surface area contributed by atoms with E-state index >= 15 is 0 Å². The molecular formula is C51H70N6O2. The Morgan fingerprint density at radius 3 is 1.12 bits per heavy atom. The van der Waals surface area contributed by atoms with Gasteiger partial charge in [0.05, 0.1) is 36.0 Å². The molecular weight excluding hydrogens is 729 g/mol. The second-order valence-electron chi connectivity index (χ2n) is 18.5. The number of benzene rings is 4. The van der Waals surface area contributed by atoms with Crippen molar-refractivity contribution in [1.82, 2.24) is 0 Å². The Balaban J connectivity index is 1.13. The summed E-state index contributed by atoms with van der Waals surface area (Å²) >= 11 is 0. The lowest BCUT2D eigenvalue weighted by atomic mass is 9.93. The molecule has 0 aromatic heterocycles. The zero-order chi connectivity index (χ0) is 42.4. The number of hydrogen-bond acceptors (Lipinski definition) is 4. The highest BCUT2D eigenvalue weighted by molar-refractivity contribution is 6.10. The first-order valence-corrected chi connectivity index (χ1v) is 22.2. The van der Waals surface area contributed by atoms with E-state index in [9.17, 15) is 10.8 Å². The summed E-state index contributed by atoms with van der Waals surface area (Å²) in [7, 11) is 0. The highest BCUT2D eigenvalue weighted by atomic mass is 16.5. The first-order valence-electron chi connectivity index (χ1n) is 22.2. The molecule has 2 heterocycles. The minimum Gasteiger partial charge on any atom is -0.491 e. The van der Waals surface area contributed by atoms with Gasteiger partial charge < -0.3 is 29.1 Å².